The van der Waals surface area contributed by atoms with Gasteiger partial charge in [0.25, 0.3) is 5.56 Å². The lowest BCUT2D eigenvalue weighted by Crippen LogP contribution is -2.30. The molecule has 1 N–H and O–H groups in total. The average molecular weight is 391 g/mol. The molecule has 0 fully saturated rings. The van der Waals surface area contributed by atoms with E-state index in [9.17, 15) is 14.7 Å². The second-order valence-electron chi connectivity index (χ2n) is 7.88. The molecule has 3 aromatic rings. The summed E-state index contributed by atoms with van der Waals surface area (Å²) in [5.41, 5.74) is 2.26. The number of carboxylic acids is 1. The number of carboxylic acid groups (broad SMARTS) is 1. The van der Waals surface area contributed by atoms with Crippen LogP contribution in [0.3, 0.4) is 0 Å². The van der Waals surface area contributed by atoms with Crippen LogP contribution in [0.2, 0.25) is 0 Å². The van der Waals surface area contributed by atoms with Gasteiger partial charge in [-0.3, -0.25) is 9.36 Å². The van der Waals surface area contributed by atoms with Gasteiger partial charge in [-0.05, 0) is 45.4 Å². The van der Waals surface area contributed by atoms with E-state index in [0.717, 1.165) is 11.3 Å². The Hall–Kier alpha value is -3.18. The topological polar surface area (TPSA) is 68.5 Å². The number of rotatable bonds is 5. The maximum atomic E-state index is 13.1. The fourth-order valence-corrected chi connectivity index (χ4v) is 3.44. The van der Waals surface area contributed by atoms with Crippen LogP contribution in [-0.4, -0.2) is 21.2 Å². The molecule has 1 heterocycles. The number of aliphatic carboxylic acids is 1. The summed E-state index contributed by atoms with van der Waals surface area (Å²) in [5, 5.41) is 9.90. The highest BCUT2D eigenvalue weighted by Crippen LogP contribution is 2.35. The summed E-state index contributed by atoms with van der Waals surface area (Å²) in [6.07, 6.45) is -1.26. The lowest BCUT2D eigenvalue weighted by atomic mass is 9.94. The van der Waals surface area contributed by atoms with Crippen molar-refractivity contribution < 1.29 is 14.6 Å². The van der Waals surface area contributed by atoms with Crippen molar-refractivity contribution in [2.75, 3.05) is 0 Å². The number of aromatic nitrogens is 1. The molecule has 0 aliphatic heterocycles. The van der Waals surface area contributed by atoms with Crippen LogP contribution in [0.15, 0.2) is 71.5 Å². The molecule has 3 rings (SSSR count). The summed E-state index contributed by atoms with van der Waals surface area (Å²) in [6.45, 7) is 7.21. The Morgan fingerprint density at radius 2 is 1.55 bits per heavy atom. The Morgan fingerprint density at radius 3 is 2.07 bits per heavy atom. The molecule has 150 valence electrons. The third-order valence-electron chi connectivity index (χ3n) is 4.54. The van der Waals surface area contributed by atoms with Crippen LogP contribution in [0, 0.1) is 6.92 Å². The number of para-hydroxylation sites is 1. The number of benzene rings is 2. The highest BCUT2D eigenvalue weighted by Gasteiger charge is 2.31. The van der Waals surface area contributed by atoms with Gasteiger partial charge in [-0.15, -0.1) is 0 Å². The fraction of sp³-hybridized carbons (Fsp3) is 0.250. The predicted octanol–water partition coefficient (Wildman–Crippen LogP) is 4.75. The van der Waals surface area contributed by atoms with E-state index in [0.29, 0.717) is 16.8 Å². The SMILES string of the molecule is Cc1c(-c2ccccc2)c(C(OC(C)(C)C)C(=O)O)cc(=O)n1-c1ccccc1. The molecule has 0 aliphatic carbocycles. The highest BCUT2D eigenvalue weighted by molar-refractivity contribution is 5.81. The number of carbonyl (C=O) groups is 1. The Bertz CT molecular complexity index is 1060. The molecule has 0 saturated heterocycles. The minimum Gasteiger partial charge on any atom is -0.479 e. The van der Waals surface area contributed by atoms with Crippen LogP contribution >= 0.6 is 0 Å². The molecule has 0 aliphatic rings. The van der Waals surface area contributed by atoms with E-state index < -0.39 is 17.7 Å². The van der Waals surface area contributed by atoms with Crippen LogP contribution in [0.1, 0.15) is 38.1 Å². The van der Waals surface area contributed by atoms with Crippen molar-refractivity contribution in [3.8, 4) is 16.8 Å². The van der Waals surface area contributed by atoms with E-state index in [1.807, 2.05) is 67.6 Å². The minimum atomic E-state index is -1.26. The van der Waals surface area contributed by atoms with Crippen molar-refractivity contribution in [1.82, 2.24) is 4.57 Å². The van der Waals surface area contributed by atoms with Crippen molar-refractivity contribution >= 4 is 5.97 Å². The Labute approximate surface area is 170 Å². The number of nitrogens with zero attached hydrogens (tertiary/aromatic N) is 1. The summed E-state index contributed by atoms with van der Waals surface area (Å²) < 4.78 is 7.45. The van der Waals surface area contributed by atoms with Gasteiger partial charge in [-0.25, -0.2) is 4.79 Å². The van der Waals surface area contributed by atoms with Gasteiger partial charge >= 0.3 is 5.97 Å². The van der Waals surface area contributed by atoms with E-state index in [1.165, 1.54) is 6.07 Å². The Morgan fingerprint density at radius 1 is 1.00 bits per heavy atom. The van der Waals surface area contributed by atoms with Gasteiger partial charge in [0.1, 0.15) is 0 Å². The summed E-state index contributed by atoms with van der Waals surface area (Å²) >= 11 is 0. The first-order valence-corrected chi connectivity index (χ1v) is 9.47. The molecule has 0 spiro atoms. The smallest absolute Gasteiger partial charge is 0.337 e. The molecular formula is C24H25NO4. The van der Waals surface area contributed by atoms with Gasteiger partial charge in [-0.1, -0.05) is 48.5 Å². The monoisotopic (exact) mass is 391 g/mol. The first kappa shape index (κ1) is 20.6. The van der Waals surface area contributed by atoms with Gasteiger partial charge in [0.2, 0.25) is 0 Å². The Balaban J connectivity index is 2.34. The standard InChI is InChI=1S/C24H25NO4/c1-16-21(17-11-7-5-8-12-17)19(22(23(27)28)29-24(2,3)4)15-20(26)25(16)18-13-9-6-10-14-18/h5-15,22H,1-4H3,(H,27,28). The molecule has 5 nitrogen and oxygen atoms in total. The second-order valence-corrected chi connectivity index (χ2v) is 7.88. The molecule has 0 amide bonds. The maximum absolute atomic E-state index is 13.1. The molecule has 1 unspecified atom stereocenters. The van der Waals surface area contributed by atoms with Crippen molar-refractivity contribution in [3.63, 3.8) is 0 Å². The third kappa shape index (κ3) is 4.46. The maximum Gasteiger partial charge on any atom is 0.337 e. The van der Waals surface area contributed by atoms with Gasteiger partial charge in [-0.2, -0.15) is 0 Å². The number of hydrogen-bond acceptors (Lipinski definition) is 3. The lowest BCUT2D eigenvalue weighted by Gasteiger charge is -2.28. The molecule has 5 heteroatoms. The zero-order valence-corrected chi connectivity index (χ0v) is 17.0. The average Bonchev–Trinajstić information content (AvgIpc) is 2.66. The van der Waals surface area contributed by atoms with E-state index in [2.05, 4.69) is 0 Å². The van der Waals surface area contributed by atoms with E-state index in [1.54, 1.807) is 25.3 Å². The number of pyridine rings is 1. The van der Waals surface area contributed by atoms with Gasteiger partial charge in [0.15, 0.2) is 6.10 Å². The van der Waals surface area contributed by atoms with Crippen molar-refractivity contribution in [2.45, 2.75) is 39.4 Å². The molecule has 0 radical (unpaired) electrons. The Kier molecular flexibility index (Phi) is 5.71. The zero-order chi connectivity index (χ0) is 21.2. The molecule has 2 aromatic carbocycles. The van der Waals surface area contributed by atoms with Gasteiger partial charge in [0.05, 0.1) is 5.60 Å². The summed E-state index contributed by atoms with van der Waals surface area (Å²) in [4.78, 5) is 25.2. The highest BCUT2D eigenvalue weighted by atomic mass is 16.5. The van der Waals surface area contributed by atoms with Crippen LogP contribution in [0.5, 0.6) is 0 Å². The molecule has 0 saturated carbocycles. The van der Waals surface area contributed by atoms with Crippen molar-refractivity contribution in [2.24, 2.45) is 0 Å². The zero-order valence-electron chi connectivity index (χ0n) is 17.0. The summed E-state index contributed by atoms with van der Waals surface area (Å²) in [7, 11) is 0. The predicted molar refractivity (Wildman–Crippen MR) is 113 cm³/mol. The molecule has 29 heavy (non-hydrogen) atoms. The van der Waals surface area contributed by atoms with Gasteiger partial charge in [0, 0.05) is 28.6 Å². The molecule has 1 aromatic heterocycles. The van der Waals surface area contributed by atoms with E-state index in [-0.39, 0.29) is 5.56 Å². The van der Waals surface area contributed by atoms with Crippen molar-refractivity contribution in [3.05, 3.63) is 88.3 Å². The van der Waals surface area contributed by atoms with Crippen LogP contribution in [-0.2, 0) is 9.53 Å². The van der Waals surface area contributed by atoms with Gasteiger partial charge < -0.3 is 9.84 Å². The van der Waals surface area contributed by atoms with E-state index >= 15 is 0 Å². The number of hydrogen-bond donors (Lipinski definition) is 1. The lowest BCUT2D eigenvalue weighted by molar-refractivity contribution is -0.160. The normalized spacial score (nSPS) is 12.6. The summed E-state index contributed by atoms with van der Waals surface area (Å²) in [6, 6.07) is 20.2. The fourth-order valence-electron chi connectivity index (χ4n) is 3.44. The minimum absolute atomic E-state index is 0.299. The van der Waals surface area contributed by atoms with Crippen molar-refractivity contribution in [1.29, 1.82) is 0 Å². The summed E-state index contributed by atoms with van der Waals surface area (Å²) in [5.74, 6) is -1.13. The number of ether oxygens (including phenoxy) is 1. The quantitative estimate of drug-likeness (QED) is 0.681. The molecule has 0 bridgehead atoms. The largest absolute Gasteiger partial charge is 0.479 e. The van der Waals surface area contributed by atoms with E-state index in [4.69, 9.17) is 4.74 Å². The molecular weight excluding hydrogens is 366 g/mol. The van der Waals surface area contributed by atoms with Crippen LogP contribution in [0.4, 0.5) is 0 Å². The first-order valence-electron chi connectivity index (χ1n) is 9.47. The first-order chi connectivity index (χ1) is 13.7. The third-order valence-corrected chi connectivity index (χ3v) is 4.54. The van der Waals surface area contributed by atoms with Crippen LogP contribution < -0.4 is 5.56 Å². The van der Waals surface area contributed by atoms with Crippen LogP contribution in [0.25, 0.3) is 16.8 Å². The second kappa shape index (κ2) is 8.05. The molecule has 1 atom stereocenters.